The first-order valence-corrected chi connectivity index (χ1v) is 28.3. The second kappa shape index (κ2) is 27.4. The zero-order valence-electron chi connectivity index (χ0n) is 45.8. The lowest BCUT2D eigenvalue weighted by Crippen LogP contribution is -2.60. The predicted molar refractivity (Wildman–Crippen MR) is 297 cm³/mol. The van der Waals surface area contributed by atoms with E-state index >= 15 is 0 Å². The van der Waals surface area contributed by atoms with E-state index in [2.05, 4.69) is 31.2 Å². The van der Waals surface area contributed by atoms with Gasteiger partial charge in [0, 0.05) is 48.7 Å². The number of carboxylic acid groups (broad SMARTS) is 1. The Bertz CT molecular complexity index is 2970. The van der Waals surface area contributed by atoms with E-state index in [1.807, 2.05) is 55.5 Å². The molecular weight excluding hydrogens is 1040 g/mol. The summed E-state index contributed by atoms with van der Waals surface area (Å²) in [6.07, 6.45) is 1.01. The third-order valence-electron chi connectivity index (χ3n) is 13.2. The molecule has 0 aliphatic carbocycles. The Morgan fingerprint density at radius 2 is 1.49 bits per heavy atom. The van der Waals surface area contributed by atoms with E-state index in [9.17, 15) is 37.5 Å². The maximum Gasteiger partial charge on any atom is 0.407 e. The van der Waals surface area contributed by atoms with Crippen LogP contribution in [-0.4, -0.2) is 165 Å². The lowest BCUT2D eigenvalue weighted by Gasteiger charge is -2.36. The van der Waals surface area contributed by atoms with Gasteiger partial charge in [0.05, 0.1) is 78.3 Å². The van der Waals surface area contributed by atoms with Gasteiger partial charge in [-0.1, -0.05) is 58.0 Å². The van der Waals surface area contributed by atoms with Crippen molar-refractivity contribution in [2.75, 3.05) is 78.4 Å². The Kier molecular flexibility index (Phi) is 21.3. The molecule has 3 heterocycles. The van der Waals surface area contributed by atoms with E-state index in [1.54, 1.807) is 82.8 Å². The second-order valence-electron chi connectivity index (χ2n) is 21.0. The number of aromatic nitrogens is 2. The van der Waals surface area contributed by atoms with Crippen molar-refractivity contribution < 1.29 is 61.2 Å². The quantitative estimate of drug-likeness (QED) is 0.0352. The van der Waals surface area contributed by atoms with E-state index in [4.69, 9.17) is 23.7 Å². The average molecular weight is 1120 g/mol. The summed E-state index contributed by atoms with van der Waals surface area (Å²) in [5.74, 6) is -1.93. The molecule has 2 aromatic heterocycles. The Balaban J connectivity index is 0.916. The van der Waals surface area contributed by atoms with E-state index in [0.29, 0.717) is 23.0 Å². The molecule has 5 atom stereocenters. The molecule has 0 saturated carbocycles. The third-order valence-corrected chi connectivity index (χ3v) is 16.5. The van der Waals surface area contributed by atoms with E-state index in [1.165, 1.54) is 18.9 Å². The van der Waals surface area contributed by atoms with Crippen molar-refractivity contribution in [3.63, 3.8) is 0 Å². The van der Waals surface area contributed by atoms with Gasteiger partial charge in [0.2, 0.25) is 23.6 Å². The highest BCUT2D eigenvalue weighted by atomic mass is 32.2. The molecule has 0 unspecified atom stereocenters. The van der Waals surface area contributed by atoms with Gasteiger partial charge in [0.1, 0.15) is 42.0 Å². The lowest BCUT2D eigenvalue weighted by molar-refractivity contribution is -0.144. The van der Waals surface area contributed by atoms with Crippen molar-refractivity contribution >= 4 is 83.4 Å². The van der Waals surface area contributed by atoms with Gasteiger partial charge >= 0.3 is 6.09 Å². The summed E-state index contributed by atoms with van der Waals surface area (Å²) >= 11 is 1.55. The van der Waals surface area contributed by atoms with Crippen molar-refractivity contribution in [3.8, 4) is 5.75 Å². The fourth-order valence-electron chi connectivity index (χ4n) is 8.54. The van der Waals surface area contributed by atoms with Gasteiger partial charge in [0.15, 0.2) is 9.84 Å². The molecule has 0 radical (unpaired) electrons. The average Bonchev–Trinajstić information content (AvgIpc) is 4.11. The zero-order chi connectivity index (χ0) is 56.8. The fourth-order valence-corrected chi connectivity index (χ4v) is 10.5. The van der Waals surface area contributed by atoms with Gasteiger partial charge in [-0.2, -0.15) is 0 Å². The number of ether oxygens (including phenoxy) is 5. The highest BCUT2D eigenvalue weighted by Crippen LogP contribution is 2.38. The van der Waals surface area contributed by atoms with E-state index < -0.39 is 73.9 Å². The first-order chi connectivity index (χ1) is 37.0. The summed E-state index contributed by atoms with van der Waals surface area (Å²) in [5, 5.41) is 22.2. The number of likely N-dealkylation sites (N-methyl/N-ethyl adjacent to an activating group) is 1. The SMILES string of the molecule is CC[C@@H](NC(=O)[C@@H]1C[C@H](NC(=O)COCCOCCOCCOCCOc2cc3nccc(Nc4ccc5scnc5c4)c3cc2S(=O)(=O)C(C)(C)C)CN1C(=O)[C@@H](NC(=O)[C@H](C)N(C)C(=O)O)C(C)(C)C)c1ccccc1. The van der Waals surface area contributed by atoms with Crippen molar-refractivity contribution in [1.82, 2.24) is 35.7 Å². The van der Waals surface area contributed by atoms with Crippen molar-refractivity contribution in [2.24, 2.45) is 5.41 Å². The number of benzene rings is 3. The first kappa shape index (κ1) is 60.7. The molecule has 1 aliphatic heterocycles. The summed E-state index contributed by atoms with van der Waals surface area (Å²) in [6.45, 7) is 14.8. The predicted octanol–water partition coefficient (Wildman–Crippen LogP) is 6.49. The molecular formula is C55H74N8O13S2. The topological polar surface area (TPSA) is 266 Å². The van der Waals surface area contributed by atoms with Crippen LogP contribution in [-0.2, 0) is 48.0 Å². The Hall–Kier alpha value is -6.50. The van der Waals surface area contributed by atoms with Crippen LogP contribution in [0.25, 0.3) is 21.1 Å². The number of hydrogen-bond acceptors (Lipinski definition) is 16. The normalized spacial score (nSPS) is 16.1. The Morgan fingerprint density at radius 1 is 0.833 bits per heavy atom. The maximum atomic E-state index is 14.4. The number of carbonyl (C=O) groups excluding carboxylic acids is 4. The number of hydrogen-bond donors (Lipinski definition) is 5. The second-order valence-corrected chi connectivity index (χ2v) is 24.5. The minimum Gasteiger partial charge on any atom is -0.490 e. The fraction of sp³-hybridized carbons (Fsp3) is 0.509. The molecule has 78 heavy (non-hydrogen) atoms. The van der Waals surface area contributed by atoms with Crippen molar-refractivity contribution in [1.29, 1.82) is 0 Å². The number of nitrogens with zero attached hydrogens (tertiary/aromatic N) is 4. The summed E-state index contributed by atoms with van der Waals surface area (Å²) in [4.78, 5) is 77.7. The maximum absolute atomic E-state index is 14.4. The number of likely N-dealkylation sites (tertiary alicyclic amines) is 1. The van der Waals surface area contributed by atoms with Crippen molar-refractivity contribution in [2.45, 2.75) is 108 Å². The summed E-state index contributed by atoms with van der Waals surface area (Å²) in [5.41, 5.74) is 4.72. The molecule has 424 valence electrons. The molecule has 6 rings (SSSR count). The number of carbonyl (C=O) groups is 5. The molecule has 23 heteroatoms. The molecule has 1 aliphatic rings. The Morgan fingerprint density at radius 3 is 2.12 bits per heavy atom. The molecule has 5 amide bonds. The molecule has 5 aromatic rings. The number of rotatable bonds is 27. The zero-order valence-corrected chi connectivity index (χ0v) is 47.5. The van der Waals surface area contributed by atoms with Crippen LogP contribution in [0.4, 0.5) is 16.2 Å². The highest BCUT2D eigenvalue weighted by Gasteiger charge is 2.46. The summed E-state index contributed by atoms with van der Waals surface area (Å²) in [7, 11) is -2.59. The van der Waals surface area contributed by atoms with Crippen LogP contribution in [0.2, 0.25) is 0 Å². The molecule has 1 fully saturated rings. The van der Waals surface area contributed by atoms with Crippen LogP contribution >= 0.6 is 11.3 Å². The smallest absolute Gasteiger partial charge is 0.407 e. The number of anilines is 2. The summed E-state index contributed by atoms with van der Waals surface area (Å²) < 4.78 is 56.3. The standard InChI is InChI=1S/C55H74N8O13S2/c1-10-40(36-14-12-11-13-15-36)60-51(66)44-29-38(32-63(44)52(67)49(54(3,4)5)61-50(65)35(2)62(9)53(68)69)59-48(64)33-75-25-24-73-21-20-72-22-23-74-26-27-76-45-31-42-39(30-47(45)78(70,71)55(6,7)8)41(18-19-56-42)58-37-16-17-46-43(28-37)57-34-77-46/h11-19,28,30-31,34-35,38,40,44,49H,10,20-27,29,32-33H2,1-9H3,(H,56,58)(H,59,64)(H,60,66)(H,61,65)(H,68,69)/t35-,38-,40+,44-,49+/m0/s1. The molecule has 3 aromatic carbocycles. The minimum absolute atomic E-state index is 0.0268. The number of fused-ring (bicyclic) bond motifs is 2. The number of thiazole rings is 1. The highest BCUT2D eigenvalue weighted by molar-refractivity contribution is 7.92. The third kappa shape index (κ3) is 16.1. The number of sulfone groups is 1. The lowest BCUT2D eigenvalue weighted by atomic mass is 9.85. The van der Waals surface area contributed by atoms with Gasteiger partial charge in [-0.05, 0) is 81.8 Å². The van der Waals surface area contributed by atoms with Crippen LogP contribution < -0.4 is 26.0 Å². The van der Waals surface area contributed by atoms with Crippen LogP contribution in [0.3, 0.4) is 0 Å². The van der Waals surface area contributed by atoms with Crippen molar-refractivity contribution in [3.05, 3.63) is 84.0 Å². The largest absolute Gasteiger partial charge is 0.490 e. The van der Waals surface area contributed by atoms with E-state index in [0.717, 1.165) is 26.4 Å². The molecule has 0 bridgehead atoms. The Labute approximate surface area is 460 Å². The number of nitrogens with one attached hydrogen (secondary N) is 4. The van der Waals surface area contributed by atoms with Gasteiger partial charge in [-0.25, -0.2) is 18.2 Å². The van der Waals surface area contributed by atoms with E-state index in [-0.39, 0.29) is 89.1 Å². The summed E-state index contributed by atoms with van der Waals surface area (Å²) in [6, 6.07) is 16.1. The van der Waals surface area contributed by atoms with Crippen LogP contribution in [0, 0.1) is 5.41 Å². The molecule has 5 N–H and O–H groups in total. The first-order valence-electron chi connectivity index (χ1n) is 25.9. The minimum atomic E-state index is -3.85. The molecule has 1 saturated heterocycles. The van der Waals surface area contributed by atoms with Crippen LogP contribution in [0.1, 0.15) is 79.8 Å². The van der Waals surface area contributed by atoms with Crippen LogP contribution in [0.5, 0.6) is 5.75 Å². The van der Waals surface area contributed by atoms with Crippen LogP contribution in [0.15, 0.2) is 83.3 Å². The monoisotopic (exact) mass is 1120 g/mol. The van der Waals surface area contributed by atoms with Gasteiger partial charge in [0.25, 0.3) is 0 Å². The number of pyridine rings is 1. The van der Waals surface area contributed by atoms with Gasteiger partial charge in [-0.15, -0.1) is 11.3 Å². The van der Waals surface area contributed by atoms with Gasteiger partial charge < -0.3 is 55.0 Å². The van der Waals surface area contributed by atoms with Gasteiger partial charge in [-0.3, -0.25) is 29.1 Å². The molecule has 0 spiro atoms. The molecule has 21 nitrogen and oxygen atoms in total. The number of amides is 5.